The lowest BCUT2D eigenvalue weighted by molar-refractivity contribution is 0.274. The van der Waals surface area contributed by atoms with Crippen LogP contribution >= 0.6 is 0 Å². The first-order chi connectivity index (χ1) is 8.83. The smallest absolute Gasteiger partial charge is 0.189 e. The minimum Gasteiger partial charge on any atom is -0.467 e. The second kappa shape index (κ2) is 4.45. The van der Waals surface area contributed by atoms with Crippen LogP contribution in [0.1, 0.15) is 5.56 Å². The normalized spacial score (nSPS) is 16.8. The van der Waals surface area contributed by atoms with Gasteiger partial charge >= 0.3 is 0 Å². The number of ether oxygens (including phenoxy) is 1. The number of rotatable bonds is 2. The Morgan fingerprint density at radius 2 is 1.78 bits per heavy atom. The molecule has 1 unspecified atom stereocenters. The Hall–Kier alpha value is -2.42. The molecule has 0 saturated carbocycles. The van der Waals surface area contributed by atoms with Crippen LogP contribution in [0.25, 0.3) is 6.08 Å². The van der Waals surface area contributed by atoms with Crippen molar-refractivity contribution in [2.75, 3.05) is 11.1 Å². The number of nitrogens with two attached hydrogens (primary N) is 1. The van der Waals surface area contributed by atoms with Crippen LogP contribution in [-0.4, -0.2) is 6.23 Å². The lowest BCUT2D eigenvalue weighted by atomic mass is 10.1. The van der Waals surface area contributed by atoms with Gasteiger partial charge in [-0.25, -0.2) is 0 Å². The average molecular weight is 238 g/mol. The molecule has 3 N–H and O–H groups in total. The Labute approximate surface area is 106 Å². The molecule has 1 aliphatic heterocycles. The number of fused-ring (bicyclic) bond motifs is 1. The molecule has 0 fully saturated rings. The molecule has 1 atom stereocenters. The fraction of sp³-hybridized carbons (Fsp3) is 0.0667. The van der Waals surface area contributed by atoms with Gasteiger partial charge in [0.05, 0.1) is 11.4 Å². The molecular weight excluding hydrogens is 224 g/mol. The number of nitrogens with one attached hydrogen (secondary N) is 1. The van der Waals surface area contributed by atoms with E-state index in [4.69, 9.17) is 10.5 Å². The van der Waals surface area contributed by atoms with Gasteiger partial charge in [-0.1, -0.05) is 30.3 Å². The zero-order valence-corrected chi connectivity index (χ0v) is 9.84. The van der Waals surface area contributed by atoms with E-state index < -0.39 is 0 Å². The maximum absolute atomic E-state index is 5.89. The van der Waals surface area contributed by atoms with Gasteiger partial charge in [-0.15, -0.1) is 0 Å². The van der Waals surface area contributed by atoms with Crippen LogP contribution < -0.4 is 15.8 Å². The maximum Gasteiger partial charge on any atom is 0.189 e. The predicted molar refractivity (Wildman–Crippen MR) is 74.4 cm³/mol. The third-order valence-corrected chi connectivity index (χ3v) is 2.88. The number of nitrogen functional groups attached to an aromatic ring is 1. The highest BCUT2D eigenvalue weighted by Crippen LogP contribution is 2.27. The van der Waals surface area contributed by atoms with Crippen molar-refractivity contribution in [1.82, 2.24) is 0 Å². The van der Waals surface area contributed by atoms with Gasteiger partial charge in [-0.05, 0) is 30.4 Å². The van der Waals surface area contributed by atoms with Crippen molar-refractivity contribution >= 4 is 17.5 Å². The van der Waals surface area contributed by atoms with Crippen molar-refractivity contribution in [2.45, 2.75) is 6.23 Å². The second-order valence-electron chi connectivity index (χ2n) is 4.17. The zero-order valence-electron chi connectivity index (χ0n) is 9.84. The lowest BCUT2D eigenvalue weighted by Crippen LogP contribution is -2.26. The van der Waals surface area contributed by atoms with E-state index in [-0.39, 0.29) is 6.23 Å². The third kappa shape index (κ3) is 2.02. The van der Waals surface area contributed by atoms with Crippen LogP contribution in [-0.2, 0) is 0 Å². The summed E-state index contributed by atoms with van der Waals surface area (Å²) in [5.74, 6) is 0.881. The van der Waals surface area contributed by atoms with Crippen molar-refractivity contribution in [2.24, 2.45) is 0 Å². The molecule has 1 heterocycles. The van der Waals surface area contributed by atoms with Crippen molar-refractivity contribution in [3.05, 3.63) is 60.2 Å². The van der Waals surface area contributed by atoms with E-state index in [0.717, 1.165) is 17.0 Å². The van der Waals surface area contributed by atoms with Crippen molar-refractivity contribution in [3.8, 4) is 5.75 Å². The molecule has 3 rings (SSSR count). The van der Waals surface area contributed by atoms with Crippen LogP contribution in [0.2, 0.25) is 0 Å². The number of hydrogen-bond acceptors (Lipinski definition) is 3. The summed E-state index contributed by atoms with van der Waals surface area (Å²) >= 11 is 0. The van der Waals surface area contributed by atoms with E-state index in [1.807, 2.05) is 54.6 Å². The first-order valence-electron chi connectivity index (χ1n) is 5.88. The molecule has 18 heavy (non-hydrogen) atoms. The summed E-state index contributed by atoms with van der Waals surface area (Å²) in [6.07, 6.45) is 3.84. The summed E-state index contributed by atoms with van der Waals surface area (Å²) in [4.78, 5) is 0. The molecule has 2 aromatic carbocycles. The molecule has 1 aliphatic rings. The molecule has 90 valence electrons. The van der Waals surface area contributed by atoms with E-state index in [1.54, 1.807) is 0 Å². The second-order valence-corrected chi connectivity index (χ2v) is 4.17. The van der Waals surface area contributed by atoms with E-state index in [2.05, 4.69) is 11.4 Å². The quantitative estimate of drug-likeness (QED) is 0.790. The van der Waals surface area contributed by atoms with Gasteiger partial charge in [-0.3, -0.25) is 0 Å². The SMILES string of the molecule is Nc1ccccc1NC1C=Cc2ccccc2O1. The zero-order chi connectivity index (χ0) is 12.4. The molecule has 0 aromatic heterocycles. The summed E-state index contributed by atoms with van der Waals surface area (Å²) in [6.45, 7) is 0. The van der Waals surface area contributed by atoms with E-state index in [0.29, 0.717) is 5.69 Å². The largest absolute Gasteiger partial charge is 0.467 e. The van der Waals surface area contributed by atoms with Crippen LogP contribution in [0.5, 0.6) is 5.75 Å². The van der Waals surface area contributed by atoms with Crippen molar-refractivity contribution in [3.63, 3.8) is 0 Å². The fourth-order valence-electron chi connectivity index (χ4n) is 1.95. The fourth-order valence-corrected chi connectivity index (χ4v) is 1.95. The Kier molecular flexibility index (Phi) is 2.65. The molecular formula is C15H14N2O. The van der Waals surface area contributed by atoms with Gasteiger partial charge in [0.25, 0.3) is 0 Å². The van der Waals surface area contributed by atoms with E-state index in [9.17, 15) is 0 Å². The monoisotopic (exact) mass is 238 g/mol. The van der Waals surface area contributed by atoms with Crippen molar-refractivity contribution in [1.29, 1.82) is 0 Å². The predicted octanol–water partition coefficient (Wildman–Crippen LogP) is 3.11. The van der Waals surface area contributed by atoms with Crippen LogP contribution in [0.4, 0.5) is 11.4 Å². The molecule has 0 amide bonds. The number of benzene rings is 2. The Morgan fingerprint density at radius 1 is 1.00 bits per heavy atom. The number of para-hydroxylation sites is 3. The van der Waals surface area contributed by atoms with Gasteiger partial charge in [0.15, 0.2) is 6.23 Å². The van der Waals surface area contributed by atoms with E-state index in [1.165, 1.54) is 0 Å². The summed E-state index contributed by atoms with van der Waals surface area (Å²) in [5.41, 5.74) is 8.58. The number of hydrogen-bond donors (Lipinski definition) is 2. The minimum atomic E-state index is -0.190. The molecule has 0 spiro atoms. The van der Waals surface area contributed by atoms with Gasteiger partial charge < -0.3 is 15.8 Å². The molecule has 0 radical (unpaired) electrons. The summed E-state index contributed by atoms with van der Waals surface area (Å²) in [6, 6.07) is 15.6. The molecule has 0 aliphatic carbocycles. The average Bonchev–Trinajstić information content (AvgIpc) is 2.41. The highest BCUT2D eigenvalue weighted by Gasteiger charge is 2.14. The van der Waals surface area contributed by atoms with Crippen molar-refractivity contribution < 1.29 is 4.74 Å². The Bertz CT molecular complexity index is 593. The minimum absolute atomic E-state index is 0.190. The van der Waals surface area contributed by atoms with E-state index >= 15 is 0 Å². The summed E-state index contributed by atoms with van der Waals surface area (Å²) in [7, 11) is 0. The first-order valence-corrected chi connectivity index (χ1v) is 5.88. The highest BCUT2D eigenvalue weighted by atomic mass is 16.5. The Balaban J connectivity index is 1.80. The molecule has 3 heteroatoms. The molecule has 0 bridgehead atoms. The standard InChI is InChI=1S/C15H14N2O/c16-12-6-2-3-7-13(12)17-15-10-9-11-5-1-4-8-14(11)18-15/h1-10,15,17H,16H2. The first kappa shape index (κ1) is 10.7. The summed E-state index contributed by atoms with van der Waals surface area (Å²) in [5, 5.41) is 3.26. The van der Waals surface area contributed by atoms with Crippen LogP contribution in [0.3, 0.4) is 0 Å². The third-order valence-electron chi connectivity index (χ3n) is 2.88. The molecule has 3 nitrogen and oxygen atoms in total. The summed E-state index contributed by atoms with van der Waals surface area (Å²) < 4.78 is 5.84. The van der Waals surface area contributed by atoms with Gasteiger partial charge in [0.2, 0.25) is 0 Å². The number of anilines is 2. The van der Waals surface area contributed by atoms with Crippen LogP contribution in [0.15, 0.2) is 54.6 Å². The highest BCUT2D eigenvalue weighted by molar-refractivity contribution is 5.67. The molecule has 2 aromatic rings. The van der Waals surface area contributed by atoms with Gasteiger partial charge in [0.1, 0.15) is 5.75 Å². The lowest BCUT2D eigenvalue weighted by Gasteiger charge is -2.23. The van der Waals surface area contributed by atoms with Gasteiger partial charge in [0, 0.05) is 5.56 Å². The Morgan fingerprint density at radius 3 is 2.67 bits per heavy atom. The molecule has 0 saturated heterocycles. The van der Waals surface area contributed by atoms with Gasteiger partial charge in [-0.2, -0.15) is 0 Å². The maximum atomic E-state index is 5.89. The van der Waals surface area contributed by atoms with Crippen LogP contribution in [0, 0.1) is 0 Å². The topological polar surface area (TPSA) is 47.3 Å².